The number of hydrogen-bond donors (Lipinski definition) is 2. The maximum atomic E-state index is 8.90. The highest BCUT2D eigenvalue weighted by atomic mass is 16.5. The van der Waals surface area contributed by atoms with Crippen LogP contribution in [-0.2, 0) is 4.74 Å². The Morgan fingerprint density at radius 1 is 1.50 bits per heavy atom. The lowest BCUT2D eigenvalue weighted by Gasteiger charge is -2.30. The largest absolute Gasteiger partial charge is 0.409 e. The Bertz CT molecular complexity index is 482. The summed E-state index contributed by atoms with van der Waals surface area (Å²) in [7, 11) is 2.01. The molecule has 0 bridgehead atoms. The van der Waals surface area contributed by atoms with Crippen molar-refractivity contribution in [1.29, 1.82) is 0 Å². The standard InChI is InChI=1S/C15H23N3O2/c1-11-6-7-13(15(16)17-19)14(9-11)18(2)10-12-5-3-4-8-20-12/h6-7,9,12,19H,3-5,8,10H2,1-2H3,(H2,16,17). The van der Waals surface area contributed by atoms with E-state index < -0.39 is 0 Å². The van der Waals surface area contributed by atoms with E-state index in [1.165, 1.54) is 6.42 Å². The molecule has 1 aromatic rings. The molecule has 0 radical (unpaired) electrons. The van der Waals surface area contributed by atoms with Crippen molar-refractivity contribution in [2.24, 2.45) is 10.9 Å². The second-order valence-electron chi connectivity index (χ2n) is 5.37. The number of nitrogens with zero attached hydrogens (tertiary/aromatic N) is 2. The molecule has 110 valence electrons. The third kappa shape index (κ3) is 3.42. The molecule has 5 heteroatoms. The lowest BCUT2D eigenvalue weighted by molar-refractivity contribution is 0.0216. The zero-order chi connectivity index (χ0) is 14.5. The van der Waals surface area contributed by atoms with Crippen LogP contribution in [0, 0.1) is 6.92 Å². The average Bonchev–Trinajstić information content (AvgIpc) is 2.47. The Labute approximate surface area is 120 Å². The zero-order valence-electron chi connectivity index (χ0n) is 12.2. The fourth-order valence-electron chi connectivity index (χ4n) is 2.58. The first-order valence-corrected chi connectivity index (χ1v) is 7.03. The van der Waals surface area contributed by atoms with Gasteiger partial charge in [0.05, 0.1) is 6.10 Å². The first-order chi connectivity index (χ1) is 9.61. The molecule has 1 unspecified atom stereocenters. The van der Waals surface area contributed by atoms with Gasteiger partial charge in [-0.3, -0.25) is 0 Å². The van der Waals surface area contributed by atoms with Gasteiger partial charge in [0.15, 0.2) is 5.84 Å². The highest BCUT2D eigenvalue weighted by Crippen LogP contribution is 2.23. The van der Waals surface area contributed by atoms with Crippen LogP contribution in [0.3, 0.4) is 0 Å². The summed E-state index contributed by atoms with van der Waals surface area (Å²) in [6.07, 6.45) is 3.73. The van der Waals surface area contributed by atoms with Gasteiger partial charge < -0.3 is 20.6 Å². The van der Waals surface area contributed by atoms with Crippen LogP contribution in [0.4, 0.5) is 5.69 Å². The fourth-order valence-corrected chi connectivity index (χ4v) is 2.58. The third-order valence-corrected chi connectivity index (χ3v) is 3.70. The molecule has 20 heavy (non-hydrogen) atoms. The first-order valence-electron chi connectivity index (χ1n) is 7.03. The predicted molar refractivity (Wildman–Crippen MR) is 80.6 cm³/mol. The van der Waals surface area contributed by atoms with Crippen molar-refractivity contribution in [3.8, 4) is 0 Å². The van der Waals surface area contributed by atoms with Crippen LogP contribution >= 0.6 is 0 Å². The summed E-state index contributed by atoms with van der Waals surface area (Å²) in [5.74, 6) is 0.136. The molecule has 1 saturated heterocycles. The SMILES string of the molecule is Cc1ccc(C(N)=NO)c(N(C)CC2CCCCO2)c1. The molecule has 2 rings (SSSR count). The minimum Gasteiger partial charge on any atom is -0.409 e. The van der Waals surface area contributed by atoms with Gasteiger partial charge in [0, 0.05) is 31.5 Å². The molecule has 1 atom stereocenters. The molecule has 0 aromatic heterocycles. The number of anilines is 1. The smallest absolute Gasteiger partial charge is 0.172 e. The van der Waals surface area contributed by atoms with Crippen LogP contribution in [0.5, 0.6) is 0 Å². The number of nitrogens with two attached hydrogens (primary N) is 1. The molecule has 0 amide bonds. The van der Waals surface area contributed by atoms with Gasteiger partial charge in [-0.25, -0.2) is 0 Å². The molecule has 0 spiro atoms. The van der Waals surface area contributed by atoms with Crippen LogP contribution in [0.15, 0.2) is 23.4 Å². The third-order valence-electron chi connectivity index (χ3n) is 3.70. The summed E-state index contributed by atoms with van der Waals surface area (Å²) in [4.78, 5) is 2.12. The molecule has 1 aliphatic heterocycles. The van der Waals surface area contributed by atoms with E-state index in [2.05, 4.69) is 16.1 Å². The summed E-state index contributed by atoms with van der Waals surface area (Å²) < 4.78 is 5.77. The van der Waals surface area contributed by atoms with E-state index in [9.17, 15) is 0 Å². The van der Waals surface area contributed by atoms with E-state index in [0.29, 0.717) is 0 Å². The summed E-state index contributed by atoms with van der Waals surface area (Å²) in [5, 5.41) is 12.0. The van der Waals surface area contributed by atoms with Crippen molar-refractivity contribution in [2.45, 2.75) is 32.3 Å². The Hall–Kier alpha value is -1.75. The van der Waals surface area contributed by atoms with Gasteiger partial charge in [-0.15, -0.1) is 0 Å². The van der Waals surface area contributed by atoms with Crippen molar-refractivity contribution in [3.63, 3.8) is 0 Å². The van der Waals surface area contributed by atoms with Crippen molar-refractivity contribution >= 4 is 11.5 Å². The van der Waals surface area contributed by atoms with E-state index in [0.717, 1.165) is 42.8 Å². The van der Waals surface area contributed by atoms with E-state index in [1.807, 2.05) is 26.1 Å². The maximum absolute atomic E-state index is 8.90. The predicted octanol–water partition coefficient (Wildman–Crippen LogP) is 2.09. The first kappa shape index (κ1) is 14.7. The molecule has 3 N–H and O–H groups in total. The lowest BCUT2D eigenvalue weighted by Crippen LogP contribution is -2.34. The summed E-state index contributed by atoms with van der Waals surface area (Å²) in [6, 6.07) is 5.90. The highest BCUT2D eigenvalue weighted by molar-refractivity contribution is 6.02. The van der Waals surface area contributed by atoms with Crippen molar-refractivity contribution in [3.05, 3.63) is 29.3 Å². The van der Waals surface area contributed by atoms with Crippen LogP contribution in [-0.4, -0.2) is 37.3 Å². The summed E-state index contributed by atoms with van der Waals surface area (Å²) >= 11 is 0. The Balaban J connectivity index is 2.19. The fraction of sp³-hybridized carbons (Fsp3) is 0.533. The molecule has 0 aliphatic carbocycles. The number of benzene rings is 1. The van der Waals surface area contributed by atoms with Crippen molar-refractivity contribution < 1.29 is 9.94 Å². The number of hydrogen-bond acceptors (Lipinski definition) is 4. The quantitative estimate of drug-likeness (QED) is 0.382. The van der Waals surface area contributed by atoms with Gasteiger partial charge in [-0.05, 0) is 43.9 Å². The van der Waals surface area contributed by atoms with Gasteiger partial charge in [0.1, 0.15) is 0 Å². The van der Waals surface area contributed by atoms with Gasteiger partial charge in [-0.1, -0.05) is 11.2 Å². The second kappa shape index (κ2) is 6.61. The second-order valence-corrected chi connectivity index (χ2v) is 5.37. The van der Waals surface area contributed by atoms with Gasteiger partial charge in [-0.2, -0.15) is 0 Å². The van der Waals surface area contributed by atoms with Crippen molar-refractivity contribution in [2.75, 3.05) is 25.1 Å². The maximum Gasteiger partial charge on any atom is 0.172 e. The Morgan fingerprint density at radius 2 is 2.30 bits per heavy atom. The lowest BCUT2D eigenvalue weighted by atomic mass is 10.1. The molecule has 0 saturated carbocycles. The summed E-state index contributed by atoms with van der Waals surface area (Å²) in [5.41, 5.74) is 8.62. The Morgan fingerprint density at radius 3 is 2.95 bits per heavy atom. The normalized spacial score (nSPS) is 19.9. The zero-order valence-corrected chi connectivity index (χ0v) is 12.2. The minimum absolute atomic E-state index is 0.136. The average molecular weight is 277 g/mol. The van der Waals surface area contributed by atoms with E-state index in [4.69, 9.17) is 15.7 Å². The van der Waals surface area contributed by atoms with Crippen LogP contribution in [0.2, 0.25) is 0 Å². The van der Waals surface area contributed by atoms with Crippen LogP contribution in [0.25, 0.3) is 0 Å². The molecular formula is C15H23N3O2. The van der Waals surface area contributed by atoms with Gasteiger partial charge in [0.25, 0.3) is 0 Å². The number of oxime groups is 1. The van der Waals surface area contributed by atoms with Crippen LogP contribution in [0.1, 0.15) is 30.4 Å². The van der Waals surface area contributed by atoms with Crippen molar-refractivity contribution in [1.82, 2.24) is 0 Å². The molecule has 5 nitrogen and oxygen atoms in total. The number of aryl methyl sites for hydroxylation is 1. The van der Waals surface area contributed by atoms with E-state index in [-0.39, 0.29) is 11.9 Å². The van der Waals surface area contributed by atoms with Crippen LogP contribution < -0.4 is 10.6 Å². The number of ether oxygens (including phenoxy) is 1. The monoisotopic (exact) mass is 277 g/mol. The van der Waals surface area contributed by atoms with Gasteiger partial charge >= 0.3 is 0 Å². The van der Waals surface area contributed by atoms with E-state index >= 15 is 0 Å². The molecule has 1 aromatic carbocycles. The number of likely N-dealkylation sites (N-methyl/N-ethyl adjacent to an activating group) is 1. The number of rotatable bonds is 4. The topological polar surface area (TPSA) is 71.1 Å². The molecule has 1 fully saturated rings. The van der Waals surface area contributed by atoms with E-state index in [1.54, 1.807) is 0 Å². The molecule has 1 heterocycles. The highest BCUT2D eigenvalue weighted by Gasteiger charge is 2.18. The Kier molecular flexibility index (Phi) is 4.84. The number of amidine groups is 1. The molecular weight excluding hydrogens is 254 g/mol. The summed E-state index contributed by atoms with van der Waals surface area (Å²) in [6.45, 7) is 3.69. The van der Waals surface area contributed by atoms with Gasteiger partial charge in [0.2, 0.25) is 0 Å². The molecule has 1 aliphatic rings. The minimum atomic E-state index is 0.136.